The summed E-state index contributed by atoms with van der Waals surface area (Å²) in [7, 11) is 1.68. The van der Waals surface area contributed by atoms with Crippen LogP contribution >= 0.6 is 0 Å². The summed E-state index contributed by atoms with van der Waals surface area (Å²) in [6.07, 6.45) is 9.61. The number of methoxy groups -OCH3 is 1. The highest BCUT2D eigenvalue weighted by atomic mass is 16.5. The summed E-state index contributed by atoms with van der Waals surface area (Å²) in [5, 5.41) is 14.1. The van der Waals surface area contributed by atoms with Gasteiger partial charge in [-0.1, -0.05) is 24.8 Å². The van der Waals surface area contributed by atoms with Crippen LogP contribution in [0.4, 0.5) is 5.82 Å². The van der Waals surface area contributed by atoms with Gasteiger partial charge in [0, 0.05) is 85.7 Å². The topological polar surface area (TPSA) is 82.6 Å². The number of piperidine rings is 1. The van der Waals surface area contributed by atoms with Gasteiger partial charge in [-0.25, -0.2) is 9.50 Å². The molecule has 7 rings (SSSR count). The average Bonchev–Trinajstić information content (AvgIpc) is 3.42. The van der Waals surface area contributed by atoms with Crippen LogP contribution in [0.15, 0.2) is 55.1 Å². The molecule has 0 radical (unpaired) electrons. The molecule has 0 aliphatic carbocycles. The molecule has 0 spiro atoms. The van der Waals surface area contributed by atoms with Gasteiger partial charge in [0.05, 0.1) is 23.9 Å². The van der Waals surface area contributed by atoms with E-state index in [0.29, 0.717) is 24.3 Å². The second-order valence-electron chi connectivity index (χ2n) is 10.8. The van der Waals surface area contributed by atoms with E-state index in [1.54, 1.807) is 17.8 Å². The molecular weight excluding hydrogens is 498 g/mol. The van der Waals surface area contributed by atoms with E-state index in [4.69, 9.17) is 9.72 Å². The Balaban J connectivity index is 1.20. The minimum atomic E-state index is 0.113. The highest BCUT2D eigenvalue weighted by Gasteiger charge is 2.44. The summed E-state index contributed by atoms with van der Waals surface area (Å²) in [6.45, 7) is 7.65. The van der Waals surface area contributed by atoms with Crippen molar-refractivity contribution in [3.05, 3.63) is 77.5 Å². The predicted molar refractivity (Wildman–Crippen MR) is 155 cm³/mol. The molecule has 202 valence electrons. The molecule has 0 amide bonds. The van der Waals surface area contributed by atoms with Crippen molar-refractivity contribution in [3.8, 4) is 29.0 Å². The molecule has 3 aliphatic heterocycles. The zero-order valence-corrected chi connectivity index (χ0v) is 23.2. The molecule has 3 saturated heterocycles. The molecule has 8 nitrogen and oxygen atoms in total. The van der Waals surface area contributed by atoms with E-state index in [1.165, 1.54) is 12.0 Å². The van der Waals surface area contributed by atoms with Crippen LogP contribution in [-0.4, -0.2) is 63.4 Å². The Bertz CT molecular complexity index is 1600. The number of nitriles is 1. The van der Waals surface area contributed by atoms with Crippen LogP contribution in [0, 0.1) is 29.1 Å². The van der Waals surface area contributed by atoms with E-state index < -0.39 is 0 Å². The van der Waals surface area contributed by atoms with Gasteiger partial charge in [0.2, 0.25) is 0 Å². The molecule has 4 aromatic rings. The maximum absolute atomic E-state index is 9.71. The molecule has 3 unspecified atom stereocenters. The van der Waals surface area contributed by atoms with E-state index in [2.05, 4.69) is 69.0 Å². The van der Waals surface area contributed by atoms with Crippen molar-refractivity contribution >= 4 is 11.3 Å². The number of hydrogen-bond donors (Lipinski definition) is 0. The zero-order chi connectivity index (χ0) is 27.6. The summed E-state index contributed by atoms with van der Waals surface area (Å²) in [6, 6.07) is 13.9. The first-order valence-electron chi connectivity index (χ1n) is 13.9. The van der Waals surface area contributed by atoms with Crippen molar-refractivity contribution in [1.82, 2.24) is 24.5 Å². The van der Waals surface area contributed by atoms with E-state index in [-0.39, 0.29) is 5.92 Å². The van der Waals surface area contributed by atoms with Gasteiger partial charge >= 0.3 is 0 Å². The number of hydrogen-bond acceptors (Lipinski definition) is 7. The maximum Gasteiger partial charge on any atom is 0.128 e. The lowest BCUT2D eigenvalue weighted by molar-refractivity contribution is -0.00875. The molecule has 40 heavy (non-hydrogen) atoms. The van der Waals surface area contributed by atoms with Crippen molar-refractivity contribution in [2.75, 3.05) is 31.7 Å². The number of aromatic nitrogens is 4. The van der Waals surface area contributed by atoms with Gasteiger partial charge < -0.3 is 9.64 Å². The molecule has 4 aromatic heterocycles. The molecule has 8 heteroatoms. The van der Waals surface area contributed by atoms with Crippen molar-refractivity contribution < 1.29 is 4.74 Å². The number of piperazine rings is 1. The zero-order valence-electron chi connectivity index (χ0n) is 23.2. The summed E-state index contributed by atoms with van der Waals surface area (Å²) in [5.74, 6) is 7.59. The van der Waals surface area contributed by atoms with Gasteiger partial charge in [0.25, 0.3) is 0 Å². The fourth-order valence-electron chi connectivity index (χ4n) is 5.82. The van der Waals surface area contributed by atoms with Crippen molar-refractivity contribution in [1.29, 1.82) is 5.26 Å². The second kappa shape index (κ2) is 11.1. The summed E-state index contributed by atoms with van der Waals surface area (Å²) in [5.41, 5.74) is 6.39. The summed E-state index contributed by atoms with van der Waals surface area (Å²) in [4.78, 5) is 14.4. The van der Waals surface area contributed by atoms with Crippen LogP contribution in [-0.2, 0) is 17.7 Å². The lowest BCUT2D eigenvalue weighted by Gasteiger charge is -2.56. The van der Waals surface area contributed by atoms with Crippen LogP contribution in [0.1, 0.15) is 42.7 Å². The van der Waals surface area contributed by atoms with Crippen LogP contribution in [0.25, 0.3) is 16.6 Å². The highest BCUT2D eigenvalue weighted by Crippen LogP contribution is 2.36. The summed E-state index contributed by atoms with van der Waals surface area (Å²) < 4.78 is 6.95. The summed E-state index contributed by atoms with van der Waals surface area (Å²) >= 11 is 0. The minimum absolute atomic E-state index is 0.113. The van der Waals surface area contributed by atoms with Crippen LogP contribution < -0.4 is 4.90 Å². The van der Waals surface area contributed by atoms with E-state index in [9.17, 15) is 5.26 Å². The van der Waals surface area contributed by atoms with Gasteiger partial charge in [-0.05, 0) is 49.6 Å². The number of nitrogens with zero attached hydrogens (tertiary/aromatic N) is 7. The number of aryl methyl sites for hydroxylation is 1. The average molecular weight is 532 g/mol. The Kier molecular flexibility index (Phi) is 7.21. The Hall–Kier alpha value is -4.24. The van der Waals surface area contributed by atoms with Crippen molar-refractivity contribution in [2.45, 2.75) is 45.3 Å². The smallest absolute Gasteiger partial charge is 0.128 e. The molecule has 3 aliphatic rings. The lowest BCUT2D eigenvalue weighted by Crippen LogP contribution is -2.68. The number of ether oxygens (including phenoxy) is 1. The number of fused-ring (bicyclic) bond motifs is 3. The normalized spacial score (nSPS) is 19.0. The lowest BCUT2D eigenvalue weighted by atomic mass is 9.87. The molecular formula is C32H33N7O. The van der Waals surface area contributed by atoms with Crippen molar-refractivity contribution in [3.63, 3.8) is 0 Å². The second-order valence-corrected chi connectivity index (χ2v) is 10.8. The maximum atomic E-state index is 9.71. The molecule has 0 saturated carbocycles. The Morgan fingerprint density at radius 1 is 1.10 bits per heavy atom. The quantitative estimate of drug-likeness (QED) is 0.329. The van der Waals surface area contributed by atoms with Crippen LogP contribution in [0.3, 0.4) is 0 Å². The fourth-order valence-corrected chi connectivity index (χ4v) is 5.82. The van der Waals surface area contributed by atoms with Gasteiger partial charge in [0.15, 0.2) is 0 Å². The standard InChI is InChI=1S/C32H33N7O/c1-4-27-9-7-24(14-34-27)17-38-28-12-29(38)20-37(19-28)31-10-8-25(15-35-31)30-11-23(6-5-22(2)21-40-3)18-39-32(30)26(13-33)16-36-39/h7-11,14-16,18,22,28-29H,4,12,17,19-21H2,1-3H3. The molecule has 0 aromatic carbocycles. The number of pyridine rings is 3. The Morgan fingerprint density at radius 2 is 1.95 bits per heavy atom. The SMILES string of the molecule is CCc1ccc(CN2C3CC2CN(c2ccc(-c4cc(C#CC(C)COC)cn5ncc(C#N)c45)cn2)C3)cn1. The number of anilines is 1. The minimum Gasteiger partial charge on any atom is -0.383 e. The molecule has 0 N–H and O–H groups in total. The third kappa shape index (κ3) is 5.04. The van der Waals surface area contributed by atoms with E-state index in [1.807, 2.05) is 31.6 Å². The molecule has 2 bridgehead atoms. The van der Waals surface area contributed by atoms with E-state index in [0.717, 1.165) is 59.8 Å². The van der Waals surface area contributed by atoms with Gasteiger partial charge in [-0.2, -0.15) is 10.4 Å². The van der Waals surface area contributed by atoms with E-state index >= 15 is 0 Å². The predicted octanol–water partition coefficient (Wildman–Crippen LogP) is 4.32. The Labute approximate surface area is 235 Å². The first-order chi connectivity index (χ1) is 19.6. The molecule has 3 fully saturated rings. The van der Waals surface area contributed by atoms with Crippen LogP contribution in [0.2, 0.25) is 0 Å². The largest absolute Gasteiger partial charge is 0.383 e. The van der Waals surface area contributed by atoms with Crippen molar-refractivity contribution in [2.24, 2.45) is 5.92 Å². The fraction of sp³-hybridized carbons (Fsp3) is 0.375. The highest BCUT2D eigenvalue weighted by molar-refractivity contribution is 5.85. The van der Waals surface area contributed by atoms with Gasteiger partial charge in [-0.15, -0.1) is 0 Å². The third-order valence-corrected chi connectivity index (χ3v) is 7.95. The first kappa shape index (κ1) is 26.0. The number of rotatable bonds is 7. The molecule has 7 heterocycles. The first-order valence-corrected chi connectivity index (χ1v) is 13.9. The Morgan fingerprint density at radius 3 is 2.62 bits per heavy atom. The monoisotopic (exact) mass is 531 g/mol. The molecule has 3 atom stereocenters. The van der Waals surface area contributed by atoms with Crippen LogP contribution in [0.5, 0.6) is 0 Å². The van der Waals surface area contributed by atoms with Gasteiger partial charge in [-0.3, -0.25) is 9.88 Å². The third-order valence-electron chi connectivity index (χ3n) is 7.95. The van der Waals surface area contributed by atoms with Gasteiger partial charge in [0.1, 0.15) is 11.9 Å².